The number of aliphatic hydroxyl groups is 1. The van der Waals surface area contributed by atoms with E-state index in [2.05, 4.69) is 5.32 Å². The van der Waals surface area contributed by atoms with E-state index < -0.39 is 6.10 Å². The van der Waals surface area contributed by atoms with Crippen LogP contribution < -0.4 is 5.32 Å². The van der Waals surface area contributed by atoms with Gasteiger partial charge in [-0.25, -0.2) is 0 Å². The molecule has 0 aromatic heterocycles. The Kier molecular flexibility index (Phi) is 6.27. The first-order valence-electron chi connectivity index (χ1n) is 6.59. The summed E-state index contributed by atoms with van der Waals surface area (Å²) in [6.07, 6.45) is -0.524. The van der Waals surface area contributed by atoms with Crippen LogP contribution in [-0.2, 0) is 4.74 Å². The lowest BCUT2D eigenvalue weighted by atomic mass is 10.1. The van der Waals surface area contributed by atoms with E-state index in [1.165, 1.54) is 0 Å². The number of hydrogen-bond acceptors (Lipinski definition) is 3. The van der Waals surface area contributed by atoms with E-state index in [0.29, 0.717) is 13.2 Å². The van der Waals surface area contributed by atoms with Crippen molar-refractivity contribution in [3.63, 3.8) is 0 Å². The van der Waals surface area contributed by atoms with Gasteiger partial charge in [-0.1, -0.05) is 29.8 Å². The van der Waals surface area contributed by atoms with Crippen LogP contribution in [0.3, 0.4) is 0 Å². The van der Waals surface area contributed by atoms with Gasteiger partial charge in [0.25, 0.3) is 0 Å². The van der Waals surface area contributed by atoms with E-state index in [1.54, 1.807) is 0 Å². The summed E-state index contributed by atoms with van der Waals surface area (Å²) in [5, 5.41) is 13.9. The van der Waals surface area contributed by atoms with E-state index in [-0.39, 0.29) is 11.6 Å². The fourth-order valence-electron chi connectivity index (χ4n) is 1.65. The minimum absolute atomic E-state index is 0.0954. The summed E-state index contributed by atoms with van der Waals surface area (Å²) < 4.78 is 5.54. The maximum atomic E-state index is 9.86. The quantitative estimate of drug-likeness (QED) is 0.843. The number of benzene rings is 1. The van der Waals surface area contributed by atoms with Crippen molar-refractivity contribution in [3.05, 3.63) is 34.9 Å². The molecular weight excluding hydrogens is 262 g/mol. The minimum Gasteiger partial charge on any atom is -0.389 e. The lowest BCUT2D eigenvalue weighted by Gasteiger charge is -2.23. The van der Waals surface area contributed by atoms with E-state index in [4.69, 9.17) is 16.3 Å². The Morgan fingerprint density at radius 1 is 1.32 bits per heavy atom. The molecule has 0 fully saturated rings. The molecule has 4 heteroatoms. The summed E-state index contributed by atoms with van der Waals surface area (Å²) >= 11 is 6.13. The number of nitrogens with one attached hydrogen (secondary N) is 1. The number of ether oxygens (including phenoxy) is 1. The van der Waals surface area contributed by atoms with Crippen LogP contribution in [0.1, 0.15) is 39.3 Å². The molecule has 19 heavy (non-hydrogen) atoms. The molecule has 0 amide bonds. The third-order valence-electron chi connectivity index (χ3n) is 2.74. The molecule has 0 spiro atoms. The standard InChI is InChI=1S/C15H24ClNO2/c1-11(13-7-5-6-8-14(13)16)17-9-12(18)10-19-15(2,3)4/h5-8,11-12,17-18H,9-10H2,1-4H3/t11-,12?/m0/s1. The summed E-state index contributed by atoms with van der Waals surface area (Å²) in [4.78, 5) is 0. The van der Waals surface area contributed by atoms with Gasteiger partial charge in [-0.15, -0.1) is 0 Å². The van der Waals surface area contributed by atoms with Crippen molar-refractivity contribution >= 4 is 11.6 Å². The third-order valence-corrected chi connectivity index (χ3v) is 3.08. The van der Waals surface area contributed by atoms with Gasteiger partial charge in [0.1, 0.15) is 0 Å². The van der Waals surface area contributed by atoms with Gasteiger partial charge >= 0.3 is 0 Å². The lowest BCUT2D eigenvalue weighted by molar-refractivity contribution is -0.0482. The molecule has 2 atom stereocenters. The average molecular weight is 286 g/mol. The van der Waals surface area contributed by atoms with Crippen molar-refractivity contribution in [3.8, 4) is 0 Å². The Hall–Kier alpha value is -0.610. The summed E-state index contributed by atoms with van der Waals surface area (Å²) in [6, 6.07) is 7.81. The van der Waals surface area contributed by atoms with Crippen molar-refractivity contribution in [2.45, 2.75) is 45.4 Å². The zero-order chi connectivity index (χ0) is 14.5. The third kappa shape index (κ3) is 6.39. The van der Waals surface area contributed by atoms with Gasteiger partial charge in [0.05, 0.1) is 18.3 Å². The van der Waals surface area contributed by atoms with Crippen LogP contribution in [0.15, 0.2) is 24.3 Å². The van der Waals surface area contributed by atoms with Gasteiger partial charge in [0.15, 0.2) is 0 Å². The van der Waals surface area contributed by atoms with Crippen LogP contribution >= 0.6 is 11.6 Å². The minimum atomic E-state index is -0.524. The van der Waals surface area contributed by atoms with Crippen molar-refractivity contribution in [2.24, 2.45) is 0 Å². The number of aliphatic hydroxyl groups excluding tert-OH is 1. The maximum absolute atomic E-state index is 9.86. The van der Waals surface area contributed by atoms with Crippen LogP contribution in [-0.4, -0.2) is 30.0 Å². The van der Waals surface area contributed by atoms with Crippen molar-refractivity contribution in [1.82, 2.24) is 5.32 Å². The molecule has 1 rings (SSSR count). The first-order valence-corrected chi connectivity index (χ1v) is 6.97. The average Bonchev–Trinajstić information content (AvgIpc) is 2.33. The van der Waals surface area contributed by atoms with Crippen LogP contribution in [0, 0.1) is 0 Å². The highest BCUT2D eigenvalue weighted by Gasteiger charge is 2.15. The Morgan fingerprint density at radius 2 is 1.95 bits per heavy atom. The highest BCUT2D eigenvalue weighted by atomic mass is 35.5. The Labute approximate surface area is 120 Å². The molecule has 0 aliphatic heterocycles. The monoisotopic (exact) mass is 285 g/mol. The van der Waals surface area contributed by atoms with Gasteiger partial charge in [0, 0.05) is 17.6 Å². The fourth-order valence-corrected chi connectivity index (χ4v) is 1.95. The van der Waals surface area contributed by atoms with Crippen LogP contribution in [0.5, 0.6) is 0 Å². The Balaban J connectivity index is 2.38. The molecule has 0 saturated heterocycles. The summed E-state index contributed by atoms with van der Waals surface area (Å²) in [5.74, 6) is 0. The highest BCUT2D eigenvalue weighted by Crippen LogP contribution is 2.21. The molecule has 3 nitrogen and oxygen atoms in total. The van der Waals surface area contributed by atoms with E-state index in [0.717, 1.165) is 10.6 Å². The first kappa shape index (κ1) is 16.4. The predicted octanol–water partition coefficient (Wildman–Crippen LogP) is 3.17. The molecule has 1 aromatic rings. The second kappa shape index (κ2) is 7.25. The highest BCUT2D eigenvalue weighted by molar-refractivity contribution is 6.31. The Morgan fingerprint density at radius 3 is 2.53 bits per heavy atom. The zero-order valence-corrected chi connectivity index (χ0v) is 12.9. The number of hydrogen-bond donors (Lipinski definition) is 2. The van der Waals surface area contributed by atoms with Crippen molar-refractivity contribution in [1.29, 1.82) is 0 Å². The van der Waals surface area contributed by atoms with E-state index in [1.807, 2.05) is 52.0 Å². The van der Waals surface area contributed by atoms with Gasteiger partial charge in [-0.2, -0.15) is 0 Å². The van der Waals surface area contributed by atoms with Crippen LogP contribution in [0.4, 0.5) is 0 Å². The molecule has 1 aromatic carbocycles. The van der Waals surface area contributed by atoms with Crippen molar-refractivity contribution in [2.75, 3.05) is 13.2 Å². The smallest absolute Gasteiger partial charge is 0.0898 e. The first-order chi connectivity index (χ1) is 8.79. The summed E-state index contributed by atoms with van der Waals surface area (Å²) in [5.41, 5.74) is 0.808. The Bertz CT molecular complexity index is 390. The molecular formula is C15H24ClNO2. The fraction of sp³-hybridized carbons (Fsp3) is 0.600. The second-order valence-electron chi connectivity index (χ2n) is 5.73. The van der Waals surface area contributed by atoms with E-state index >= 15 is 0 Å². The topological polar surface area (TPSA) is 41.5 Å². The maximum Gasteiger partial charge on any atom is 0.0898 e. The van der Waals surface area contributed by atoms with Crippen LogP contribution in [0.25, 0.3) is 0 Å². The molecule has 0 aliphatic carbocycles. The molecule has 1 unspecified atom stereocenters. The van der Waals surface area contributed by atoms with Gasteiger partial charge in [-0.05, 0) is 39.3 Å². The zero-order valence-electron chi connectivity index (χ0n) is 12.1. The predicted molar refractivity (Wildman–Crippen MR) is 79.6 cm³/mol. The molecule has 2 N–H and O–H groups in total. The molecule has 0 bridgehead atoms. The molecule has 0 aliphatic rings. The normalized spacial score (nSPS) is 15.3. The number of halogens is 1. The van der Waals surface area contributed by atoms with Crippen molar-refractivity contribution < 1.29 is 9.84 Å². The number of rotatable bonds is 6. The van der Waals surface area contributed by atoms with Gasteiger partial charge < -0.3 is 15.2 Å². The lowest BCUT2D eigenvalue weighted by Crippen LogP contribution is -2.34. The van der Waals surface area contributed by atoms with Crippen LogP contribution in [0.2, 0.25) is 5.02 Å². The molecule has 0 heterocycles. The second-order valence-corrected chi connectivity index (χ2v) is 6.14. The largest absolute Gasteiger partial charge is 0.389 e. The summed E-state index contributed by atoms with van der Waals surface area (Å²) in [7, 11) is 0. The molecule has 0 saturated carbocycles. The summed E-state index contributed by atoms with van der Waals surface area (Å²) in [6.45, 7) is 8.74. The van der Waals surface area contributed by atoms with Gasteiger partial charge in [-0.3, -0.25) is 0 Å². The molecule has 108 valence electrons. The van der Waals surface area contributed by atoms with Gasteiger partial charge in [0.2, 0.25) is 0 Å². The SMILES string of the molecule is C[C@H](NCC(O)COC(C)(C)C)c1ccccc1Cl. The van der Waals surface area contributed by atoms with E-state index in [9.17, 15) is 5.11 Å². The molecule has 0 radical (unpaired) electrons.